The third kappa shape index (κ3) is 10.4. The minimum Gasteiger partial charge on any atom is -0.466 e. The SMILES string of the molecule is CCOC(=O)CCNC(=O)C(c1ccc(CC)cc1)N(C(=O)C(NC(=O)OC(C)(C)C)C(C)C)C(C)C. The van der Waals surface area contributed by atoms with E-state index in [1.54, 1.807) is 27.7 Å². The minimum absolute atomic E-state index is 0.0194. The van der Waals surface area contributed by atoms with Crippen LogP contribution in [0.15, 0.2) is 24.3 Å². The number of nitrogens with one attached hydrogen (secondary N) is 2. The molecule has 2 unspecified atom stereocenters. The van der Waals surface area contributed by atoms with E-state index in [0.29, 0.717) is 5.56 Å². The van der Waals surface area contributed by atoms with Crippen LogP contribution in [0.3, 0.4) is 0 Å². The predicted octanol–water partition coefficient (Wildman–Crippen LogP) is 4.15. The fourth-order valence-electron chi connectivity index (χ4n) is 3.78. The number of esters is 1. The van der Waals surface area contributed by atoms with Crippen LogP contribution >= 0.6 is 0 Å². The number of benzene rings is 1. The van der Waals surface area contributed by atoms with E-state index in [-0.39, 0.29) is 31.5 Å². The zero-order valence-electron chi connectivity index (χ0n) is 23.8. The van der Waals surface area contributed by atoms with Crippen LogP contribution in [0.25, 0.3) is 0 Å². The van der Waals surface area contributed by atoms with E-state index < -0.39 is 41.6 Å². The molecule has 0 spiro atoms. The largest absolute Gasteiger partial charge is 0.466 e. The van der Waals surface area contributed by atoms with Gasteiger partial charge in [0.15, 0.2) is 0 Å². The van der Waals surface area contributed by atoms with Crippen LogP contribution in [0, 0.1) is 5.92 Å². The van der Waals surface area contributed by atoms with Crippen molar-refractivity contribution < 1.29 is 28.7 Å². The van der Waals surface area contributed by atoms with Gasteiger partial charge in [-0.3, -0.25) is 14.4 Å². The van der Waals surface area contributed by atoms with E-state index in [0.717, 1.165) is 12.0 Å². The monoisotopic (exact) mass is 519 g/mol. The molecule has 37 heavy (non-hydrogen) atoms. The zero-order valence-corrected chi connectivity index (χ0v) is 23.8. The Morgan fingerprint density at radius 1 is 0.973 bits per heavy atom. The quantitative estimate of drug-likeness (QED) is 0.401. The number of amides is 3. The van der Waals surface area contributed by atoms with Crippen LogP contribution in [0.4, 0.5) is 4.79 Å². The van der Waals surface area contributed by atoms with Crippen molar-refractivity contribution >= 4 is 23.9 Å². The molecule has 2 N–H and O–H groups in total. The van der Waals surface area contributed by atoms with Gasteiger partial charge >= 0.3 is 12.1 Å². The maximum atomic E-state index is 13.9. The summed E-state index contributed by atoms with van der Waals surface area (Å²) in [6, 6.07) is 5.27. The standard InChI is InChI=1S/C28H45N3O6/c1-10-20-12-14-21(15-13-20)24(25(33)29-17-16-22(32)36-11-2)31(19(5)6)26(34)23(18(3)4)30-27(35)37-28(7,8)9/h12-15,18-19,23-24H,10-11,16-17H2,1-9H3,(H,29,33)(H,30,35). The molecule has 0 aliphatic heterocycles. The number of hydrogen-bond donors (Lipinski definition) is 2. The lowest BCUT2D eigenvalue weighted by Gasteiger charge is -2.38. The molecule has 9 nitrogen and oxygen atoms in total. The second-order valence-corrected chi connectivity index (χ2v) is 10.6. The first-order valence-corrected chi connectivity index (χ1v) is 13.1. The molecule has 0 bridgehead atoms. The Morgan fingerprint density at radius 3 is 2.03 bits per heavy atom. The number of rotatable bonds is 12. The first-order valence-electron chi connectivity index (χ1n) is 13.1. The summed E-state index contributed by atoms with van der Waals surface area (Å²) in [5, 5.41) is 5.48. The number of ether oxygens (including phenoxy) is 2. The van der Waals surface area contributed by atoms with Crippen molar-refractivity contribution in [1.82, 2.24) is 15.5 Å². The van der Waals surface area contributed by atoms with E-state index in [9.17, 15) is 19.2 Å². The van der Waals surface area contributed by atoms with Crippen molar-refractivity contribution in [3.8, 4) is 0 Å². The molecule has 0 aromatic heterocycles. The number of aryl methyl sites for hydroxylation is 1. The van der Waals surface area contributed by atoms with Gasteiger partial charge in [0.2, 0.25) is 11.8 Å². The van der Waals surface area contributed by atoms with Crippen molar-refractivity contribution in [2.45, 2.75) is 98.9 Å². The molecule has 0 saturated carbocycles. The molecular weight excluding hydrogens is 474 g/mol. The predicted molar refractivity (Wildman–Crippen MR) is 143 cm³/mol. The molecule has 1 rings (SSSR count). The number of hydrogen-bond acceptors (Lipinski definition) is 6. The molecule has 1 aromatic rings. The maximum absolute atomic E-state index is 13.9. The Balaban J connectivity index is 3.36. The number of nitrogens with zero attached hydrogens (tertiary/aromatic N) is 1. The van der Waals surface area contributed by atoms with E-state index in [1.165, 1.54) is 4.90 Å². The lowest BCUT2D eigenvalue weighted by atomic mass is 9.96. The van der Waals surface area contributed by atoms with E-state index >= 15 is 0 Å². The highest BCUT2D eigenvalue weighted by Gasteiger charge is 2.38. The normalized spacial score (nSPS) is 13.1. The molecule has 208 valence electrons. The van der Waals surface area contributed by atoms with Crippen molar-refractivity contribution in [3.05, 3.63) is 35.4 Å². The highest BCUT2D eigenvalue weighted by Crippen LogP contribution is 2.26. The van der Waals surface area contributed by atoms with Gasteiger partial charge in [0.25, 0.3) is 0 Å². The second kappa shape index (κ2) is 14.6. The van der Waals surface area contributed by atoms with Gasteiger partial charge in [0, 0.05) is 12.6 Å². The summed E-state index contributed by atoms with van der Waals surface area (Å²) in [7, 11) is 0. The van der Waals surface area contributed by atoms with Crippen LogP contribution in [-0.2, 0) is 30.3 Å². The number of carbonyl (C=O) groups is 4. The molecule has 9 heteroatoms. The Bertz CT molecular complexity index is 905. The Labute approximate surface area is 221 Å². The van der Waals surface area contributed by atoms with E-state index in [1.807, 2.05) is 58.9 Å². The van der Waals surface area contributed by atoms with Gasteiger partial charge in [0.05, 0.1) is 13.0 Å². The molecule has 0 aliphatic rings. The van der Waals surface area contributed by atoms with Gasteiger partial charge in [-0.1, -0.05) is 45.0 Å². The fourth-order valence-corrected chi connectivity index (χ4v) is 3.78. The van der Waals surface area contributed by atoms with Crippen molar-refractivity contribution in [3.63, 3.8) is 0 Å². The van der Waals surface area contributed by atoms with Gasteiger partial charge in [-0.05, 0) is 65.0 Å². The van der Waals surface area contributed by atoms with Crippen LogP contribution in [0.2, 0.25) is 0 Å². The molecule has 0 fully saturated rings. The molecule has 1 aromatic carbocycles. The van der Waals surface area contributed by atoms with Crippen molar-refractivity contribution in [1.29, 1.82) is 0 Å². The van der Waals surface area contributed by atoms with Crippen molar-refractivity contribution in [2.24, 2.45) is 5.92 Å². The molecule has 0 aliphatic carbocycles. The van der Waals surface area contributed by atoms with Crippen LogP contribution in [0.5, 0.6) is 0 Å². The molecule has 0 saturated heterocycles. The maximum Gasteiger partial charge on any atom is 0.408 e. The summed E-state index contributed by atoms with van der Waals surface area (Å²) in [6.07, 6.45) is 0.149. The highest BCUT2D eigenvalue weighted by molar-refractivity contribution is 5.92. The Morgan fingerprint density at radius 2 is 1.57 bits per heavy atom. The smallest absolute Gasteiger partial charge is 0.408 e. The first-order chi connectivity index (χ1) is 17.2. The number of alkyl carbamates (subject to hydrolysis) is 1. The summed E-state index contributed by atoms with van der Waals surface area (Å²) in [6.45, 7) is 16.6. The van der Waals surface area contributed by atoms with Crippen LogP contribution in [-0.4, -0.2) is 59.6 Å². The van der Waals surface area contributed by atoms with Gasteiger partial charge < -0.3 is 25.0 Å². The molecule has 0 radical (unpaired) electrons. The van der Waals surface area contributed by atoms with Gasteiger partial charge in [-0.2, -0.15) is 0 Å². The Hall–Kier alpha value is -3.10. The summed E-state index contributed by atoms with van der Waals surface area (Å²) in [5.74, 6) is -1.50. The summed E-state index contributed by atoms with van der Waals surface area (Å²) in [5.41, 5.74) is 1.00. The zero-order chi connectivity index (χ0) is 28.3. The van der Waals surface area contributed by atoms with Gasteiger partial charge in [-0.15, -0.1) is 0 Å². The summed E-state index contributed by atoms with van der Waals surface area (Å²) < 4.78 is 10.3. The average Bonchev–Trinajstić information content (AvgIpc) is 2.79. The third-order valence-corrected chi connectivity index (χ3v) is 5.58. The third-order valence-electron chi connectivity index (χ3n) is 5.58. The highest BCUT2D eigenvalue weighted by atomic mass is 16.6. The second-order valence-electron chi connectivity index (χ2n) is 10.6. The molecular formula is C28H45N3O6. The lowest BCUT2D eigenvalue weighted by molar-refractivity contribution is -0.146. The molecule has 0 heterocycles. The molecule has 2 atom stereocenters. The van der Waals surface area contributed by atoms with Crippen molar-refractivity contribution in [2.75, 3.05) is 13.2 Å². The van der Waals surface area contributed by atoms with E-state index in [2.05, 4.69) is 10.6 Å². The number of carbonyl (C=O) groups excluding carboxylic acids is 4. The Kier molecular flexibility index (Phi) is 12.6. The molecule has 3 amide bonds. The summed E-state index contributed by atoms with van der Waals surface area (Å²) in [4.78, 5) is 53.3. The van der Waals surface area contributed by atoms with Gasteiger partial charge in [0.1, 0.15) is 17.7 Å². The average molecular weight is 520 g/mol. The first kappa shape index (κ1) is 31.9. The summed E-state index contributed by atoms with van der Waals surface area (Å²) >= 11 is 0. The minimum atomic E-state index is -0.970. The lowest BCUT2D eigenvalue weighted by Crippen LogP contribution is -2.56. The van der Waals surface area contributed by atoms with Gasteiger partial charge in [-0.25, -0.2) is 4.79 Å². The van der Waals surface area contributed by atoms with Crippen LogP contribution < -0.4 is 10.6 Å². The fraction of sp³-hybridized carbons (Fsp3) is 0.643. The topological polar surface area (TPSA) is 114 Å². The van der Waals surface area contributed by atoms with Crippen LogP contribution in [0.1, 0.15) is 85.9 Å². The van der Waals surface area contributed by atoms with E-state index in [4.69, 9.17) is 9.47 Å².